The number of benzene rings is 8. The molecule has 0 radical (unpaired) electrons. The van der Waals surface area contributed by atoms with Gasteiger partial charge in [0.15, 0.2) is 5.82 Å². The Hall–Kier alpha value is -8.21. The van der Waals surface area contributed by atoms with Gasteiger partial charge < -0.3 is 4.74 Å². The highest BCUT2D eigenvalue weighted by Crippen LogP contribution is 2.63. The van der Waals surface area contributed by atoms with E-state index in [-0.39, 0.29) is 0 Å². The second kappa shape index (κ2) is 15.0. The molecular weight excluding hydrogens is 779 g/mol. The van der Waals surface area contributed by atoms with Gasteiger partial charge in [-0.05, 0) is 129 Å². The summed E-state index contributed by atoms with van der Waals surface area (Å²) in [6, 6.07) is 73.9. The van der Waals surface area contributed by atoms with Crippen molar-refractivity contribution >= 4 is 0 Å². The van der Waals surface area contributed by atoms with E-state index in [9.17, 15) is 0 Å². The number of pyridine rings is 1. The summed E-state index contributed by atoms with van der Waals surface area (Å²) < 4.78 is 6.71. The van der Waals surface area contributed by atoms with Gasteiger partial charge in [0.1, 0.15) is 11.5 Å². The van der Waals surface area contributed by atoms with Crippen LogP contribution in [0.1, 0.15) is 33.6 Å². The number of hydrogen-bond donors (Lipinski definition) is 0. The van der Waals surface area contributed by atoms with Gasteiger partial charge in [0.25, 0.3) is 0 Å². The molecule has 8 aromatic carbocycles. The highest BCUT2D eigenvalue weighted by molar-refractivity contribution is 5.98. The molecule has 10 aromatic rings. The molecule has 0 fully saturated rings. The molecule has 0 bridgehead atoms. The fourth-order valence-electron chi connectivity index (χ4n) is 10.2. The van der Waals surface area contributed by atoms with Gasteiger partial charge in [0, 0.05) is 39.8 Å². The molecule has 1 aliphatic heterocycles. The lowest BCUT2D eigenvalue weighted by molar-refractivity contribution is 0.436. The van der Waals surface area contributed by atoms with Crippen LogP contribution in [0.2, 0.25) is 0 Å². The van der Waals surface area contributed by atoms with Gasteiger partial charge in [0.2, 0.25) is 0 Å². The van der Waals surface area contributed by atoms with Gasteiger partial charge >= 0.3 is 0 Å². The molecule has 2 aliphatic rings. The first-order valence-corrected chi connectivity index (χ1v) is 21.8. The molecule has 12 rings (SSSR count). The third-order valence-corrected chi connectivity index (χ3v) is 13.0. The molecule has 1 aliphatic carbocycles. The minimum Gasteiger partial charge on any atom is -0.457 e. The molecule has 0 unspecified atom stereocenters. The third-order valence-electron chi connectivity index (χ3n) is 13.0. The molecule has 3 heterocycles. The first kappa shape index (κ1) is 37.5. The van der Waals surface area contributed by atoms with E-state index in [1.54, 1.807) is 0 Å². The number of para-hydroxylation sites is 2. The Morgan fingerprint density at radius 3 is 1.67 bits per heavy atom. The topological polar surface area (TPSA) is 47.9 Å². The van der Waals surface area contributed by atoms with E-state index in [4.69, 9.17) is 14.7 Å². The minimum atomic E-state index is -0.655. The molecule has 0 atom stereocenters. The lowest BCUT2D eigenvalue weighted by Gasteiger charge is -2.39. The van der Waals surface area contributed by atoms with Crippen molar-refractivity contribution < 1.29 is 4.74 Å². The van der Waals surface area contributed by atoms with Crippen molar-refractivity contribution in [3.05, 3.63) is 246 Å². The maximum absolute atomic E-state index is 6.71. The molecule has 0 saturated carbocycles. The molecular formula is C60H41N3O. The standard InChI is InChI=1S/C60H41N3O/c1-38-33-43(31-32-61-38)42-18-12-19-44(35-42)47-21-6-7-22-48(47)45-29-30-51-50(37-45)58-49(59-62-39(2)34-55(63-59)46-20-13-17-41(36-46)40-15-4-3-5-16-40)23-14-26-54(58)60(51)52-24-8-10-27-56(52)64-57-28-11-9-25-53(57)60/h3-37H,1-2H3. The lowest BCUT2D eigenvalue weighted by atomic mass is 9.66. The smallest absolute Gasteiger partial charge is 0.160 e. The fourth-order valence-corrected chi connectivity index (χ4v) is 10.2. The van der Waals surface area contributed by atoms with Crippen LogP contribution in [-0.2, 0) is 5.41 Å². The Morgan fingerprint density at radius 1 is 0.359 bits per heavy atom. The van der Waals surface area contributed by atoms with Crippen LogP contribution < -0.4 is 4.74 Å². The van der Waals surface area contributed by atoms with Crippen molar-refractivity contribution in [2.75, 3.05) is 0 Å². The van der Waals surface area contributed by atoms with E-state index in [1.165, 1.54) is 22.3 Å². The van der Waals surface area contributed by atoms with E-state index in [2.05, 4.69) is 218 Å². The van der Waals surface area contributed by atoms with Gasteiger partial charge in [-0.3, -0.25) is 4.98 Å². The summed E-state index contributed by atoms with van der Waals surface area (Å²) in [7, 11) is 0. The Balaban J connectivity index is 1.09. The average molecular weight is 820 g/mol. The first-order chi connectivity index (χ1) is 31.5. The largest absolute Gasteiger partial charge is 0.457 e. The van der Waals surface area contributed by atoms with E-state index >= 15 is 0 Å². The van der Waals surface area contributed by atoms with E-state index < -0.39 is 5.41 Å². The molecule has 4 heteroatoms. The molecule has 64 heavy (non-hydrogen) atoms. The van der Waals surface area contributed by atoms with E-state index in [1.807, 2.05) is 13.1 Å². The number of hydrogen-bond acceptors (Lipinski definition) is 4. The average Bonchev–Trinajstić information content (AvgIpc) is 3.64. The van der Waals surface area contributed by atoms with Crippen molar-refractivity contribution in [3.63, 3.8) is 0 Å². The SMILES string of the molecule is Cc1cc(-c2cccc(-c3ccccc3-c3ccc4c(c3)-c3c(-c5nc(C)cc(-c6cccc(-c7ccccc7)c6)n5)cccc3C43c4ccccc4Oc4ccccc43)c2)ccn1. The van der Waals surface area contributed by atoms with Crippen LogP contribution in [0.3, 0.4) is 0 Å². The molecule has 302 valence electrons. The second-order valence-corrected chi connectivity index (χ2v) is 16.8. The van der Waals surface area contributed by atoms with Crippen LogP contribution in [0.5, 0.6) is 11.5 Å². The zero-order valence-corrected chi connectivity index (χ0v) is 35.5. The minimum absolute atomic E-state index is 0.655. The van der Waals surface area contributed by atoms with Crippen LogP contribution in [0.15, 0.2) is 212 Å². The zero-order chi connectivity index (χ0) is 42.8. The summed E-state index contributed by atoms with van der Waals surface area (Å²) in [5.74, 6) is 2.41. The van der Waals surface area contributed by atoms with Crippen molar-refractivity contribution in [2.45, 2.75) is 19.3 Å². The quantitative estimate of drug-likeness (QED) is 0.168. The molecule has 1 spiro atoms. The fraction of sp³-hybridized carbons (Fsp3) is 0.0500. The summed E-state index contributed by atoms with van der Waals surface area (Å²) >= 11 is 0. The van der Waals surface area contributed by atoms with Gasteiger partial charge in [-0.15, -0.1) is 0 Å². The van der Waals surface area contributed by atoms with E-state index in [0.717, 1.165) is 95.3 Å². The molecule has 0 amide bonds. The van der Waals surface area contributed by atoms with Crippen LogP contribution >= 0.6 is 0 Å². The third kappa shape index (κ3) is 6.02. The summed E-state index contributed by atoms with van der Waals surface area (Å²) in [5, 5.41) is 0. The van der Waals surface area contributed by atoms with E-state index in [0.29, 0.717) is 5.82 Å². The van der Waals surface area contributed by atoms with Gasteiger partial charge in [-0.25, -0.2) is 9.97 Å². The monoisotopic (exact) mass is 819 g/mol. The number of aromatic nitrogens is 3. The predicted molar refractivity (Wildman–Crippen MR) is 259 cm³/mol. The van der Waals surface area contributed by atoms with Crippen LogP contribution in [0.25, 0.3) is 78.3 Å². The Kier molecular flexibility index (Phi) is 8.80. The van der Waals surface area contributed by atoms with Crippen molar-refractivity contribution in [3.8, 4) is 89.8 Å². The first-order valence-electron chi connectivity index (χ1n) is 21.8. The number of fused-ring (bicyclic) bond motifs is 9. The Bertz CT molecular complexity index is 3420. The summed E-state index contributed by atoms with van der Waals surface area (Å²) in [6.45, 7) is 4.11. The summed E-state index contributed by atoms with van der Waals surface area (Å²) in [4.78, 5) is 15.1. The molecule has 2 aromatic heterocycles. The van der Waals surface area contributed by atoms with Crippen molar-refractivity contribution in [2.24, 2.45) is 0 Å². The van der Waals surface area contributed by atoms with Crippen molar-refractivity contribution in [1.82, 2.24) is 15.0 Å². The van der Waals surface area contributed by atoms with Gasteiger partial charge in [-0.1, -0.05) is 158 Å². The van der Waals surface area contributed by atoms with Crippen LogP contribution in [0.4, 0.5) is 0 Å². The normalized spacial score (nSPS) is 12.8. The molecule has 4 nitrogen and oxygen atoms in total. The zero-order valence-electron chi connectivity index (χ0n) is 35.5. The highest BCUT2D eigenvalue weighted by atomic mass is 16.5. The number of ether oxygens (including phenoxy) is 1. The van der Waals surface area contributed by atoms with Crippen molar-refractivity contribution in [1.29, 1.82) is 0 Å². The number of rotatable bonds is 6. The maximum Gasteiger partial charge on any atom is 0.160 e. The lowest BCUT2D eigenvalue weighted by Crippen LogP contribution is -2.32. The maximum atomic E-state index is 6.71. The highest BCUT2D eigenvalue weighted by Gasteiger charge is 2.51. The van der Waals surface area contributed by atoms with Gasteiger partial charge in [-0.2, -0.15) is 0 Å². The molecule has 0 saturated heterocycles. The van der Waals surface area contributed by atoms with Crippen LogP contribution in [0, 0.1) is 13.8 Å². The summed E-state index contributed by atoms with van der Waals surface area (Å²) in [5.41, 5.74) is 20.3. The second-order valence-electron chi connectivity index (χ2n) is 16.8. The number of aryl methyl sites for hydroxylation is 2. The Morgan fingerprint density at radius 2 is 0.922 bits per heavy atom. The van der Waals surface area contributed by atoms with Gasteiger partial charge in [0.05, 0.1) is 11.1 Å². The Labute approximate surface area is 373 Å². The predicted octanol–water partition coefficient (Wildman–Crippen LogP) is 15.0. The molecule has 0 N–H and O–H groups in total. The number of nitrogens with zero attached hydrogens (tertiary/aromatic N) is 3. The van der Waals surface area contributed by atoms with Crippen LogP contribution in [-0.4, -0.2) is 15.0 Å². The summed E-state index contributed by atoms with van der Waals surface area (Å²) in [6.07, 6.45) is 1.88.